The molecule has 0 radical (unpaired) electrons. The second kappa shape index (κ2) is 5.23. The first kappa shape index (κ1) is 14.3. The lowest BCUT2D eigenvalue weighted by Crippen LogP contribution is -2.21. The fourth-order valence-corrected chi connectivity index (χ4v) is 3.65. The lowest BCUT2D eigenvalue weighted by molar-refractivity contribution is 1.01. The third-order valence-electron chi connectivity index (χ3n) is 4.57. The fraction of sp³-hybridized carbons (Fsp3) is 0. The quantitative estimate of drug-likeness (QED) is 0.418. The third kappa shape index (κ3) is 2.03. The molecule has 2 aromatic heterocycles. The van der Waals surface area contributed by atoms with Gasteiger partial charge in [0.05, 0.1) is 22.1 Å². The van der Waals surface area contributed by atoms with Crippen LogP contribution in [0.5, 0.6) is 0 Å². The van der Waals surface area contributed by atoms with Gasteiger partial charge in [0.1, 0.15) is 5.65 Å². The van der Waals surface area contributed by atoms with Crippen LogP contribution in [0.4, 0.5) is 0 Å². The van der Waals surface area contributed by atoms with Crippen molar-refractivity contribution in [1.29, 1.82) is 0 Å². The highest BCUT2D eigenvalue weighted by molar-refractivity contribution is 6.31. The van der Waals surface area contributed by atoms with Gasteiger partial charge in [-0.2, -0.15) is 0 Å². The molecule has 0 saturated carbocycles. The van der Waals surface area contributed by atoms with Crippen LogP contribution in [0.15, 0.2) is 83.7 Å². The summed E-state index contributed by atoms with van der Waals surface area (Å²) in [6.45, 7) is 0. The Kier molecular flexibility index (Phi) is 2.99. The summed E-state index contributed by atoms with van der Waals surface area (Å²) in [6, 6.07) is 25.3. The average Bonchev–Trinajstić information content (AvgIpc) is 3.02. The maximum atomic E-state index is 13.2. The Bertz CT molecular complexity index is 1320. The van der Waals surface area contributed by atoms with Crippen molar-refractivity contribution in [3.8, 4) is 5.69 Å². The summed E-state index contributed by atoms with van der Waals surface area (Å²) in [5, 5.41) is 2.34. The summed E-state index contributed by atoms with van der Waals surface area (Å²) >= 11 is 6.22. The van der Waals surface area contributed by atoms with Gasteiger partial charge in [0.15, 0.2) is 0 Å². The van der Waals surface area contributed by atoms with Crippen LogP contribution in [-0.2, 0) is 0 Å². The molecule has 0 aliphatic rings. The normalized spacial score (nSPS) is 11.6. The van der Waals surface area contributed by atoms with Crippen molar-refractivity contribution in [2.45, 2.75) is 0 Å². The van der Waals surface area contributed by atoms with Crippen molar-refractivity contribution >= 4 is 39.1 Å². The van der Waals surface area contributed by atoms with Gasteiger partial charge in [-0.1, -0.05) is 48.0 Å². The summed E-state index contributed by atoms with van der Waals surface area (Å²) in [5.74, 6) is 0. The molecule has 25 heavy (non-hydrogen) atoms. The molecule has 0 unspecified atom stereocenters. The van der Waals surface area contributed by atoms with Crippen LogP contribution >= 0.6 is 11.6 Å². The second-order valence-corrected chi connectivity index (χ2v) is 6.47. The predicted octanol–water partition coefficient (Wildman–Crippen LogP) is 5.05. The van der Waals surface area contributed by atoms with Gasteiger partial charge < -0.3 is 0 Å². The van der Waals surface area contributed by atoms with Crippen LogP contribution in [-0.4, -0.2) is 8.97 Å². The highest BCUT2D eigenvalue weighted by Crippen LogP contribution is 2.27. The zero-order valence-corrected chi connectivity index (χ0v) is 13.9. The number of hydrogen-bond acceptors (Lipinski definition) is 1. The van der Waals surface area contributed by atoms with E-state index in [0.717, 1.165) is 27.8 Å². The predicted molar refractivity (Wildman–Crippen MR) is 103 cm³/mol. The summed E-state index contributed by atoms with van der Waals surface area (Å²) in [5.41, 5.74) is 3.49. The third-order valence-corrected chi connectivity index (χ3v) is 4.80. The minimum absolute atomic E-state index is 0.0480. The zero-order chi connectivity index (χ0) is 17.0. The number of hydrogen-bond donors (Lipinski definition) is 0. The molecule has 5 aromatic rings. The van der Waals surface area contributed by atoms with Gasteiger partial charge in [0.25, 0.3) is 5.56 Å². The number of halogens is 1. The first-order valence-electron chi connectivity index (χ1n) is 8.04. The van der Waals surface area contributed by atoms with Gasteiger partial charge in [-0.05, 0) is 42.5 Å². The van der Waals surface area contributed by atoms with E-state index in [-0.39, 0.29) is 5.56 Å². The highest BCUT2D eigenvalue weighted by atomic mass is 35.5. The minimum atomic E-state index is -0.0480. The van der Waals surface area contributed by atoms with E-state index >= 15 is 0 Å². The standard InChI is InChI=1S/C21H13ClN2O/c22-15-10-11-17-19(13-15)24-18-9-5-4-6-14(18)12-20(24)23(21(17)25)16-7-2-1-3-8-16/h1-13H. The van der Waals surface area contributed by atoms with E-state index in [1.54, 1.807) is 16.7 Å². The van der Waals surface area contributed by atoms with E-state index in [1.807, 2.05) is 54.6 Å². The monoisotopic (exact) mass is 344 g/mol. The molecular weight excluding hydrogens is 332 g/mol. The maximum absolute atomic E-state index is 13.2. The van der Waals surface area contributed by atoms with E-state index in [1.165, 1.54) is 0 Å². The molecule has 3 aromatic carbocycles. The van der Waals surface area contributed by atoms with Crippen LogP contribution in [0.1, 0.15) is 0 Å². The Labute approximate surface area is 148 Å². The number of benzene rings is 3. The van der Waals surface area contributed by atoms with Crippen LogP contribution in [0, 0.1) is 0 Å². The van der Waals surface area contributed by atoms with Gasteiger partial charge >= 0.3 is 0 Å². The number of para-hydroxylation sites is 2. The molecule has 0 saturated heterocycles. The summed E-state index contributed by atoms with van der Waals surface area (Å²) < 4.78 is 3.86. The molecule has 4 heteroatoms. The largest absolute Gasteiger partial charge is 0.295 e. The lowest BCUT2D eigenvalue weighted by Gasteiger charge is -2.12. The van der Waals surface area contributed by atoms with E-state index in [4.69, 9.17) is 11.6 Å². The van der Waals surface area contributed by atoms with Gasteiger partial charge in [-0.3, -0.25) is 13.8 Å². The average molecular weight is 345 g/mol. The zero-order valence-electron chi connectivity index (χ0n) is 13.2. The number of nitrogens with zero attached hydrogens (tertiary/aromatic N) is 2. The van der Waals surface area contributed by atoms with Gasteiger partial charge in [0.2, 0.25) is 0 Å². The Balaban J connectivity index is 2.12. The highest BCUT2D eigenvalue weighted by Gasteiger charge is 2.15. The minimum Gasteiger partial charge on any atom is -0.295 e. The van der Waals surface area contributed by atoms with Crippen LogP contribution < -0.4 is 5.56 Å². The fourth-order valence-electron chi connectivity index (χ4n) is 3.48. The van der Waals surface area contributed by atoms with Crippen LogP contribution in [0.2, 0.25) is 5.02 Å². The topological polar surface area (TPSA) is 26.4 Å². The Hall–Kier alpha value is -3.04. The number of fused-ring (bicyclic) bond motifs is 5. The molecule has 0 spiro atoms. The molecular formula is C21H13ClN2O. The number of rotatable bonds is 1. The molecule has 0 bridgehead atoms. The maximum Gasteiger partial charge on any atom is 0.266 e. The molecule has 0 amide bonds. The van der Waals surface area contributed by atoms with Crippen molar-refractivity contribution in [3.05, 3.63) is 94.2 Å². The van der Waals surface area contributed by atoms with E-state index < -0.39 is 0 Å². The molecule has 0 aliphatic carbocycles. The van der Waals surface area contributed by atoms with Crippen LogP contribution in [0.3, 0.4) is 0 Å². The van der Waals surface area contributed by atoms with Gasteiger partial charge in [-0.15, -0.1) is 0 Å². The summed E-state index contributed by atoms with van der Waals surface area (Å²) in [7, 11) is 0. The molecule has 3 nitrogen and oxygen atoms in total. The molecule has 2 heterocycles. The van der Waals surface area contributed by atoms with E-state index in [9.17, 15) is 4.79 Å². The van der Waals surface area contributed by atoms with Crippen molar-refractivity contribution in [2.24, 2.45) is 0 Å². The van der Waals surface area contributed by atoms with Crippen molar-refractivity contribution in [1.82, 2.24) is 8.97 Å². The first-order chi connectivity index (χ1) is 12.2. The lowest BCUT2D eigenvalue weighted by atomic mass is 10.2. The smallest absolute Gasteiger partial charge is 0.266 e. The summed E-state index contributed by atoms with van der Waals surface area (Å²) in [4.78, 5) is 13.2. The van der Waals surface area contributed by atoms with Crippen molar-refractivity contribution < 1.29 is 0 Å². The molecule has 0 atom stereocenters. The molecule has 5 rings (SSSR count). The Morgan fingerprint density at radius 1 is 0.760 bits per heavy atom. The molecule has 0 aliphatic heterocycles. The van der Waals surface area contributed by atoms with E-state index in [0.29, 0.717) is 10.4 Å². The first-order valence-corrected chi connectivity index (χ1v) is 8.42. The van der Waals surface area contributed by atoms with Gasteiger partial charge in [-0.25, -0.2) is 0 Å². The van der Waals surface area contributed by atoms with Crippen molar-refractivity contribution in [3.63, 3.8) is 0 Å². The Morgan fingerprint density at radius 3 is 2.36 bits per heavy atom. The Morgan fingerprint density at radius 2 is 1.52 bits per heavy atom. The number of aromatic nitrogens is 2. The van der Waals surface area contributed by atoms with E-state index in [2.05, 4.69) is 16.5 Å². The molecule has 120 valence electrons. The molecule has 0 N–H and O–H groups in total. The van der Waals surface area contributed by atoms with Crippen LogP contribution in [0.25, 0.3) is 33.1 Å². The van der Waals surface area contributed by atoms with Gasteiger partial charge in [0, 0.05) is 10.4 Å². The SMILES string of the molecule is O=c1c2ccc(Cl)cc2n2c3ccccc3cc2n1-c1ccccc1. The summed E-state index contributed by atoms with van der Waals surface area (Å²) in [6.07, 6.45) is 0. The molecule has 0 fully saturated rings. The van der Waals surface area contributed by atoms with Crippen molar-refractivity contribution in [2.75, 3.05) is 0 Å². The second-order valence-electron chi connectivity index (χ2n) is 6.03.